The third-order valence-electron chi connectivity index (χ3n) is 1.12. The standard InChI is InChI=1S/C8H7O.U/c1-7(9)8-5-3-2-4-6-8;/h3-6H,1H3;/q-1;. The normalized spacial score (nSPS) is 8.10. The minimum Gasteiger partial charge on any atom is -0.297 e. The average Bonchev–Trinajstić information content (AvgIpc) is 1.90. The van der Waals surface area contributed by atoms with Gasteiger partial charge in [0.25, 0.3) is 0 Å². The van der Waals surface area contributed by atoms with Gasteiger partial charge in [0, 0.05) is 31.1 Å². The van der Waals surface area contributed by atoms with Crippen molar-refractivity contribution in [3.8, 4) is 0 Å². The van der Waals surface area contributed by atoms with E-state index in [1.165, 1.54) is 0 Å². The molecule has 2 heteroatoms. The molecule has 1 nitrogen and oxygen atoms in total. The number of carbonyl (C=O) groups is 1. The number of carbonyl (C=O) groups excluding carboxylic acids is 1. The van der Waals surface area contributed by atoms with Crippen LogP contribution in [0.2, 0.25) is 0 Å². The van der Waals surface area contributed by atoms with Crippen LogP contribution in [0, 0.1) is 37.2 Å². The molecule has 1 aromatic rings. The second kappa shape index (κ2) is 4.71. The zero-order valence-corrected chi connectivity index (χ0v) is 9.88. The molecule has 0 aliphatic rings. The van der Waals surface area contributed by atoms with Crippen LogP contribution in [0.15, 0.2) is 24.3 Å². The van der Waals surface area contributed by atoms with Gasteiger partial charge in [-0.2, -0.15) is 30.3 Å². The van der Waals surface area contributed by atoms with Crippen molar-refractivity contribution in [1.29, 1.82) is 0 Å². The minimum absolute atomic E-state index is 0. The molecule has 1 aromatic carbocycles. The van der Waals surface area contributed by atoms with Crippen LogP contribution in [-0.2, 0) is 0 Å². The molecule has 10 heavy (non-hydrogen) atoms. The minimum atomic E-state index is 0. The second-order valence-corrected chi connectivity index (χ2v) is 1.84. The first kappa shape index (κ1) is 9.94. The summed E-state index contributed by atoms with van der Waals surface area (Å²) >= 11 is 0. The van der Waals surface area contributed by atoms with Gasteiger partial charge in [0.05, 0.1) is 0 Å². The number of ketones is 1. The molecule has 0 aromatic heterocycles. The zero-order valence-electron chi connectivity index (χ0n) is 5.72. The van der Waals surface area contributed by atoms with Crippen molar-refractivity contribution in [3.63, 3.8) is 0 Å². The molecule has 1 rings (SSSR count). The summed E-state index contributed by atoms with van der Waals surface area (Å²) in [7, 11) is 0. The molecule has 0 amide bonds. The summed E-state index contributed by atoms with van der Waals surface area (Å²) in [5.74, 6) is 0.101. The van der Waals surface area contributed by atoms with Gasteiger partial charge >= 0.3 is 0 Å². The monoisotopic (exact) mass is 357 g/mol. The summed E-state index contributed by atoms with van der Waals surface area (Å²) in [6.45, 7) is 1.55. The van der Waals surface area contributed by atoms with Crippen LogP contribution in [0.4, 0.5) is 0 Å². The SMILES string of the molecule is CC(=O)c1cc[c-]cc1.[U]. The third kappa shape index (κ3) is 2.68. The maximum atomic E-state index is 10.6. The molecule has 0 saturated heterocycles. The van der Waals surface area contributed by atoms with Crippen molar-refractivity contribution in [2.24, 2.45) is 0 Å². The number of Topliss-reactive ketones (excluding diaryl/α,β-unsaturated/α-hetero) is 1. The Morgan fingerprint density at radius 1 is 1.40 bits per heavy atom. The van der Waals surface area contributed by atoms with E-state index < -0.39 is 0 Å². The molecule has 0 aliphatic carbocycles. The van der Waals surface area contributed by atoms with Crippen molar-refractivity contribution in [2.75, 3.05) is 0 Å². The van der Waals surface area contributed by atoms with Gasteiger partial charge in [-0.15, -0.1) is 0 Å². The van der Waals surface area contributed by atoms with Crippen LogP contribution in [0.3, 0.4) is 0 Å². The summed E-state index contributed by atoms with van der Waals surface area (Å²) in [6.07, 6.45) is 0. The molecule has 0 saturated carbocycles. The molecule has 0 spiro atoms. The molecule has 0 aliphatic heterocycles. The average molecular weight is 357 g/mol. The summed E-state index contributed by atoms with van der Waals surface area (Å²) in [4.78, 5) is 10.6. The Bertz CT molecular complexity index is 206. The van der Waals surface area contributed by atoms with Crippen LogP contribution in [0.1, 0.15) is 17.3 Å². The Morgan fingerprint density at radius 3 is 2.20 bits per heavy atom. The van der Waals surface area contributed by atoms with Crippen molar-refractivity contribution in [1.82, 2.24) is 0 Å². The Balaban J connectivity index is 0.000000810. The molecule has 0 radical (unpaired) electrons. The Morgan fingerprint density at radius 2 is 1.90 bits per heavy atom. The van der Waals surface area contributed by atoms with Crippen molar-refractivity contribution in [3.05, 3.63) is 35.9 Å². The zero-order chi connectivity index (χ0) is 6.69. The summed E-state index contributed by atoms with van der Waals surface area (Å²) in [5, 5.41) is 0. The molecule has 0 unspecified atom stereocenters. The van der Waals surface area contributed by atoms with Gasteiger partial charge in [-0.1, -0.05) is 5.56 Å². The second-order valence-electron chi connectivity index (χ2n) is 1.84. The van der Waals surface area contributed by atoms with E-state index in [-0.39, 0.29) is 36.9 Å². The van der Waals surface area contributed by atoms with Gasteiger partial charge in [0.1, 0.15) is 5.78 Å². The van der Waals surface area contributed by atoms with E-state index in [0.717, 1.165) is 5.56 Å². The molecule has 0 atom stereocenters. The molecule has 50 valence electrons. The van der Waals surface area contributed by atoms with Crippen LogP contribution >= 0.6 is 0 Å². The first-order valence-electron chi connectivity index (χ1n) is 2.78. The van der Waals surface area contributed by atoms with Gasteiger partial charge in [0.2, 0.25) is 0 Å². The van der Waals surface area contributed by atoms with E-state index >= 15 is 0 Å². The number of benzene rings is 1. The fourth-order valence-corrected chi connectivity index (χ4v) is 0.622. The van der Waals surface area contributed by atoms with Gasteiger partial charge in [0.15, 0.2) is 0 Å². The van der Waals surface area contributed by atoms with E-state index in [9.17, 15) is 4.79 Å². The smallest absolute Gasteiger partial charge is 0.135 e. The first-order valence-corrected chi connectivity index (χ1v) is 2.78. The molecule has 0 heterocycles. The van der Waals surface area contributed by atoms with Crippen LogP contribution in [0.25, 0.3) is 0 Å². The van der Waals surface area contributed by atoms with Gasteiger partial charge in [-0.25, -0.2) is 0 Å². The molecule has 0 fully saturated rings. The van der Waals surface area contributed by atoms with Gasteiger partial charge < -0.3 is 0 Å². The molecule has 0 bridgehead atoms. The van der Waals surface area contributed by atoms with E-state index in [1.807, 2.05) is 0 Å². The molecule has 0 N–H and O–H groups in total. The number of hydrogen-bond donors (Lipinski definition) is 0. The third-order valence-corrected chi connectivity index (χ3v) is 1.12. The van der Waals surface area contributed by atoms with E-state index in [0.29, 0.717) is 0 Å². The maximum absolute atomic E-state index is 10.6. The van der Waals surface area contributed by atoms with Crippen molar-refractivity contribution in [2.45, 2.75) is 6.92 Å². The molecular formula is C8H7OU-. The first-order chi connectivity index (χ1) is 4.30. The maximum Gasteiger partial charge on any atom is 0.135 e. The molecular weight excluding hydrogens is 350 g/mol. The number of rotatable bonds is 1. The topological polar surface area (TPSA) is 17.1 Å². The van der Waals surface area contributed by atoms with Crippen LogP contribution in [0.5, 0.6) is 0 Å². The van der Waals surface area contributed by atoms with Gasteiger partial charge in [-0.3, -0.25) is 4.79 Å². The van der Waals surface area contributed by atoms with Crippen molar-refractivity contribution < 1.29 is 35.9 Å². The Kier molecular flexibility index (Phi) is 4.68. The van der Waals surface area contributed by atoms with E-state index in [2.05, 4.69) is 6.07 Å². The Labute approximate surface area is 84.2 Å². The fraction of sp³-hybridized carbons (Fsp3) is 0.125. The predicted molar refractivity (Wildman–Crippen MR) is 35.3 cm³/mol. The largest absolute Gasteiger partial charge is 0.297 e. The Hall–Kier alpha value is -0.0581. The van der Waals surface area contributed by atoms with E-state index in [4.69, 9.17) is 0 Å². The van der Waals surface area contributed by atoms with E-state index in [1.54, 1.807) is 31.2 Å². The number of hydrogen-bond acceptors (Lipinski definition) is 1. The van der Waals surface area contributed by atoms with Gasteiger partial charge in [-0.05, 0) is 6.92 Å². The van der Waals surface area contributed by atoms with Crippen molar-refractivity contribution >= 4 is 5.78 Å². The van der Waals surface area contributed by atoms with Crippen LogP contribution in [-0.4, -0.2) is 5.78 Å². The quantitative estimate of drug-likeness (QED) is 0.552. The van der Waals surface area contributed by atoms with Crippen LogP contribution < -0.4 is 0 Å². The predicted octanol–water partition coefficient (Wildman–Crippen LogP) is 1.69. The summed E-state index contributed by atoms with van der Waals surface area (Å²) in [5.41, 5.74) is 0.744. The summed E-state index contributed by atoms with van der Waals surface area (Å²) < 4.78 is 0. The summed E-state index contributed by atoms with van der Waals surface area (Å²) in [6, 6.07) is 9.81. The fourth-order valence-electron chi connectivity index (χ4n) is 0.622.